The Morgan fingerprint density at radius 3 is 1.16 bits per heavy atom. The van der Waals surface area contributed by atoms with Crippen molar-refractivity contribution in [2.24, 2.45) is 0 Å². The van der Waals surface area contributed by atoms with Crippen LogP contribution in [0, 0.1) is 0 Å². The van der Waals surface area contributed by atoms with E-state index >= 15 is 0 Å². The fourth-order valence-electron chi connectivity index (χ4n) is 0.0702. The van der Waals surface area contributed by atoms with Crippen LogP contribution in [0.25, 0.3) is 0 Å². The number of rotatable bonds is 3. The zero-order chi connectivity index (χ0) is 14.5. The number of halogens is 3. The van der Waals surface area contributed by atoms with Gasteiger partial charge in [0.15, 0.2) is 0 Å². The minimum Gasteiger partial charge on any atom is 0 e. The monoisotopic (exact) mass is 454 g/mol. The van der Waals surface area contributed by atoms with Crippen LogP contribution in [-0.2, 0) is 54.7 Å². The normalized spacial score (nSPS) is 11.2. The summed E-state index contributed by atoms with van der Waals surface area (Å²) in [6.45, 7) is 0. The number of carboxylic acids is 1. The van der Waals surface area contributed by atoms with Crippen LogP contribution in [0.2, 0.25) is 0 Å². The van der Waals surface area contributed by atoms with Crippen LogP contribution in [0.4, 0.5) is 13.2 Å². The Morgan fingerprint density at radius 1 is 0.947 bits per heavy atom. The third kappa shape index (κ3) is 28.2. The predicted octanol–water partition coefficient (Wildman–Crippen LogP) is -1.48. The second-order valence-electron chi connectivity index (χ2n) is 1.79. The summed E-state index contributed by atoms with van der Waals surface area (Å²) in [6, 6.07) is 0. The third-order valence-corrected chi connectivity index (χ3v) is 1.01. The second-order valence-corrected chi connectivity index (χ2v) is 3.78. The van der Waals surface area contributed by atoms with E-state index in [0.29, 0.717) is 0 Å². The molecule has 0 rings (SSSR count). The summed E-state index contributed by atoms with van der Waals surface area (Å²) in [5, 5.41) is 7.12. The van der Waals surface area contributed by atoms with E-state index in [1.54, 1.807) is 0 Å². The van der Waals surface area contributed by atoms with Crippen LogP contribution in [0.1, 0.15) is 0 Å². The summed E-state index contributed by atoms with van der Waals surface area (Å²) in [4.78, 5) is 8.90. The Balaban J connectivity index is -0.000000112. The largest absolute Gasteiger partial charge is 0 e. The SMILES string of the molecule is O=C(O)C(F)(F)F.O=S(=O)(O)OOS(=O)(=O)O.[KH].[Pd]. The molecule has 0 aromatic rings. The molecule has 0 saturated carbocycles. The van der Waals surface area contributed by atoms with E-state index in [9.17, 15) is 30.0 Å². The molecule has 17 heteroatoms. The molecule has 0 aliphatic rings. The maximum atomic E-state index is 10.6. The molecular formula is C2H4F3KO10PdS2. The van der Waals surface area contributed by atoms with E-state index in [-0.39, 0.29) is 71.8 Å². The summed E-state index contributed by atoms with van der Waals surface area (Å²) in [5.41, 5.74) is 0. The summed E-state index contributed by atoms with van der Waals surface area (Å²) < 4.78 is 90.6. The predicted molar refractivity (Wildman–Crippen MR) is 46.1 cm³/mol. The molecule has 3 N–H and O–H groups in total. The van der Waals surface area contributed by atoms with Gasteiger partial charge in [0, 0.05) is 20.4 Å². The molecule has 0 aromatic carbocycles. The van der Waals surface area contributed by atoms with E-state index in [1.807, 2.05) is 0 Å². The minimum absolute atomic E-state index is 0. The number of alkyl halides is 3. The van der Waals surface area contributed by atoms with E-state index in [0.717, 1.165) is 0 Å². The molecule has 0 fully saturated rings. The molecule has 0 heterocycles. The number of carbonyl (C=O) groups is 1. The molecule has 10 nitrogen and oxygen atoms in total. The van der Waals surface area contributed by atoms with E-state index in [2.05, 4.69) is 8.67 Å². The average Bonchev–Trinajstić information content (AvgIpc) is 1.97. The maximum Gasteiger partial charge on any atom is 0 e. The van der Waals surface area contributed by atoms with Gasteiger partial charge >= 0.3 is 84.3 Å². The molecule has 0 aliphatic carbocycles. The zero-order valence-corrected chi connectivity index (χ0v) is 10.7. The average molecular weight is 455 g/mol. The van der Waals surface area contributed by atoms with Gasteiger partial charge in [-0.25, -0.2) is 4.79 Å². The van der Waals surface area contributed by atoms with Gasteiger partial charge in [0.2, 0.25) is 0 Å². The summed E-state index contributed by atoms with van der Waals surface area (Å²) in [7, 11) is -10.0. The van der Waals surface area contributed by atoms with Crippen LogP contribution < -0.4 is 0 Å². The van der Waals surface area contributed by atoms with Crippen LogP contribution in [-0.4, -0.2) is 94.6 Å². The first-order valence-electron chi connectivity index (χ1n) is 2.78. The molecule has 0 spiro atoms. The van der Waals surface area contributed by atoms with E-state index in [4.69, 9.17) is 19.0 Å². The zero-order valence-electron chi connectivity index (χ0n) is 7.47. The summed E-state index contributed by atoms with van der Waals surface area (Å²) >= 11 is 0. The molecule has 0 aliphatic heterocycles. The minimum atomic E-state index is -5.08. The topological polar surface area (TPSA) is 164 Å². The Kier molecular flexibility index (Phi) is 16.4. The van der Waals surface area contributed by atoms with Crippen molar-refractivity contribution in [2.75, 3.05) is 0 Å². The molecule has 0 radical (unpaired) electrons. The van der Waals surface area contributed by atoms with Crippen molar-refractivity contribution in [3.63, 3.8) is 0 Å². The van der Waals surface area contributed by atoms with Crippen molar-refractivity contribution >= 4 is 78.2 Å². The van der Waals surface area contributed by atoms with Crippen molar-refractivity contribution in [3.8, 4) is 0 Å². The van der Waals surface area contributed by atoms with Crippen molar-refractivity contribution in [3.05, 3.63) is 0 Å². The molecule has 116 valence electrons. The molecule has 0 unspecified atom stereocenters. The number of hydrogen-bond acceptors (Lipinski definition) is 7. The summed E-state index contributed by atoms with van der Waals surface area (Å²) in [6.07, 6.45) is -5.08. The first-order chi connectivity index (χ1) is 7.15. The fourth-order valence-corrected chi connectivity index (χ4v) is 0.632. The molecule has 0 atom stereocenters. The Hall–Kier alpha value is 1.30. The van der Waals surface area contributed by atoms with E-state index in [1.165, 1.54) is 0 Å². The smallest absolute Gasteiger partial charge is 0 e. The van der Waals surface area contributed by atoms with Gasteiger partial charge in [-0.05, 0) is 0 Å². The van der Waals surface area contributed by atoms with Gasteiger partial charge in [0.1, 0.15) is 0 Å². The van der Waals surface area contributed by atoms with Gasteiger partial charge in [-0.3, -0.25) is 9.11 Å². The number of hydrogen-bond donors (Lipinski definition) is 3. The van der Waals surface area contributed by atoms with E-state index < -0.39 is 32.9 Å². The van der Waals surface area contributed by atoms with Gasteiger partial charge in [-0.1, -0.05) is 8.67 Å². The van der Waals surface area contributed by atoms with Gasteiger partial charge in [0.05, 0.1) is 0 Å². The number of carboxylic acid groups (broad SMARTS) is 1. The molecule has 0 aromatic heterocycles. The van der Waals surface area contributed by atoms with Crippen LogP contribution >= 0.6 is 0 Å². The molecular weight excluding hydrogens is 451 g/mol. The third-order valence-electron chi connectivity index (χ3n) is 0.442. The summed E-state index contributed by atoms with van der Waals surface area (Å²) in [5.74, 6) is -2.76. The Morgan fingerprint density at radius 2 is 1.11 bits per heavy atom. The van der Waals surface area contributed by atoms with Gasteiger partial charge in [0.25, 0.3) is 0 Å². The van der Waals surface area contributed by atoms with Crippen molar-refractivity contribution in [1.82, 2.24) is 0 Å². The van der Waals surface area contributed by atoms with Crippen LogP contribution in [0.3, 0.4) is 0 Å². The van der Waals surface area contributed by atoms with Crippen LogP contribution in [0.15, 0.2) is 0 Å². The first kappa shape index (κ1) is 28.5. The molecule has 0 amide bonds. The van der Waals surface area contributed by atoms with Crippen molar-refractivity contribution in [2.45, 2.75) is 6.18 Å². The molecule has 0 saturated heterocycles. The second kappa shape index (κ2) is 10.9. The first-order valence-corrected chi connectivity index (χ1v) is 5.51. The van der Waals surface area contributed by atoms with Crippen molar-refractivity contribution in [1.29, 1.82) is 0 Å². The Labute approximate surface area is 160 Å². The maximum absolute atomic E-state index is 10.6. The van der Waals surface area contributed by atoms with Gasteiger partial charge in [-0.2, -0.15) is 30.0 Å². The Bertz CT molecular complexity index is 422. The van der Waals surface area contributed by atoms with Crippen LogP contribution in [0.5, 0.6) is 0 Å². The standard InChI is InChI=1S/C2HF3O2.K.H2O8S2.Pd.H/c3-2(4,5)1(6)7;;1-9(2,3)7-8-10(4,5)6;;/h(H,6,7);;(H,1,2,3)(H,4,5,6);;. The molecule has 19 heavy (non-hydrogen) atoms. The quantitative estimate of drug-likeness (QED) is 0.198. The van der Waals surface area contributed by atoms with Crippen molar-refractivity contribution < 1.29 is 78.1 Å². The fraction of sp³-hybridized carbons (Fsp3) is 0.500. The number of aliphatic carboxylic acids is 1. The molecule has 0 bridgehead atoms. The van der Waals surface area contributed by atoms with Gasteiger partial charge < -0.3 is 5.11 Å². The van der Waals surface area contributed by atoms with Gasteiger partial charge in [-0.15, -0.1) is 0 Å².